The van der Waals surface area contributed by atoms with Gasteiger partial charge in [0.2, 0.25) is 0 Å². The molecule has 4 rings (SSSR count). The second-order valence-corrected chi connectivity index (χ2v) is 8.97. The Morgan fingerprint density at radius 3 is 2.50 bits per heavy atom. The van der Waals surface area contributed by atoms with Crippen LogP contribution in [0.3, 0.4) is 0 Å². The third kappa shape index (κ3) is 5.17. The van der Waals surface area contributed by atoms with E-state index in [2.05, 4.69) is 6.92 Å². The van der Waals surface area contributed by atoms with Crippen LogP contribution < -0.4 is 4.74 Å². The van der Waals surface area contributed by atoms with Crippen LogP contribution in [0.4, 0.5) is 8.78 Å². The Hall–Kier alpha value is -2.75. The highest BCUT2D eigenvalue weighted by Crippen LogP contribution is 2.38. The SMILES string of the molecule is CCCCCC1CCC(c2ccc(C(=O)Oc3ccc4c(F)cccc4c3)c(F)c2)CC1. The van der Waals surface area contributed by atoms with Crippen LogP contribution in [0, 0.1) is 17.6 Å². The Kier molecular flexibility index (Phi) is 7.19. The summed E-state index contributed by atoms with van der Waals surface area (Å²) >= 11 is 0. The molecule has 0 aliphatic heterocycles. The Balaban J connectivity index is 1.39. The summed E-state index contributed by atoms with van der Waals surface area (Å²) in [4.78, 5) is 12.6. The number of ether oxygens (including phenoxy) is 1. The molecule has 32 heavy (non-hydrogen) atoms. The minimum Gasteiger partial charge on any atom is -0.423 e. The monoisotopic (exact) mass is 436 g/mol. The van der Waals surface area contributed by atoms with Gasteiger partial charge in [0.1, 0.15) is 17.4 Å². The van der Waals surface area contributed by atoms with Crippen molar-refractivity contribution in [2.24, 2.45) is 5.92 Å². The number of rotatable bonds is 7. The molecule has 2 nitrogen and oxygen atoms in total. The van der Waals surface area contributed by atoms with Crippen LogP contribution in [-0.4, -0.2) is 5.97 Å². The van der Waals surface area contributed by atoms with Crippen LogP contribution in [0.1, 0.15) is 80.1 Å². The maximum atomic E-state index is 14.8. The van der Waals surface area contributed by atoms with Crippen LogP contribution in [0.25, 0.3) is 10.8 Å². The molecular formula is C28H30F2O2. The number of carbonyl (C=O) groups is 1. The van der Waals surface area contributed by atoms with Crippen LogP contribution >= 0.6 is 0 Å². The summed E-state index contributed by atoms with van der Waals surface area (Å²) in [7, 11) is 0. The van der Waals surface area contributed by atoms with Crippen molar-refractivity contribution in [2.45, 2.75) is 64.2 Å². The molecule has 0 unspecified atom stereocenters. The van der Waals surface area contributed by atoms with E-state index >= 15 is 0 Å². The molecule has 0 spiro atoms. The smallest absolute Gasteiger partial charge is 0.346 e. The van der Waals surface area contributed by atoms with E-state index in [0.29, 0.717) is 16.7 Å². The van der Waals surface area contributed by atoms with Gasteiger partial charge in [0, 0.05) is 5.39 Å². The first-order chi connectivity index (χ1) is 15.5. The molecule has 0 heterocycles. The third-order valence-electron chi connectivity index (χ3n) is 6.76. The number of hydrogen-bond donors (Lipinski definition) is 0. The lowest BCUT2D eigenvalue weighted by Crippen LogP contribution is -2.15. The Labute approximate surface area is 188 Å². The quantitative estimate of drug-likeness (QED) is 0.212. The lowest BCUT2D eigenvalue weighted by atomic mass is 9.77. The lowest BCUT2D eigenvalue weighted by molar-refractivity contribution is 0.0730. The van der Waals surface area contributed by atoms with E-state index in [1.165, 1.54) is 62.8 Å². The van der Waals surface area contributed by atoms with Crippen molar-refractivity contribution >= 4 is 16.7 Å². The van der Waals surface area contributed by atoms with Gasteiger partial charge in [-0.3, -0.25) is 0 Å². The van der Waals surface area contributed by atoms with Crippen molar-refractivity contribution in [2.75, 3.05) is 0 Å². The summed E-state index contributed by atoms with van der Waals surface area (Å²) in [5.41, 5.74) is 0.883. The summed E-state index contributed by atoms with van der Waals surface area (Å²) in [6, 6.07) is 14.3. The van der Waals surface area contributed by atoms with Crippen LogP contribution in [0.15, 0.2) is 54.6 Å². The molecular weight excluding hydrogens is 406 g/mol. The van der Waals surface area contributed by atoms with Crippen LogP contribution in [-0.2, 0) is 0 Å². The van der Waals surface area contributed by atoms with Crippen molar-refractivity contribution in [3.05, 3.63) is 77.4 Å². The number of halogens is 2. The van der Waals surface area contributed by atoms with Gasteiger partial charge in [-0.15, -0.1) is 0 Å². The summed E-state index contributed by atoms with van der Waals surface area (Å²) in [5.74, 6) is -0.219. The highest BCUT2D eigenvalue weighted by atomic mass is 19.1. The van der Waals surface area contributed by atoms with E-state index in [1.54, 1.807) is 24.3 Å². The molecule has 0 atom stereocenters. The fraction of sp³-hybridized carbons (Fsp3) is 0.393. The molecule has 1 saturated carbocycles. The van der Waals surface area contributed by atoms with Crippen molar-refractivity contribution in [1.82, 2.24) is 0 Å². The molecule has 0 bridgehead atoms. The maximum Gasteiger partial charge on any atom is 0.346 e. The van der Waals surface area contributed by atoms with E-state index in [4.69, 9.17) is 4.74 Å². The minimum absolute atomic E-state index is 0.0821. The van der Waals surface area contributed by atoms with E-state index in [1.807, 2.05) is 6.07 Å². The van der Waals surface area contributed by atoms with Gasteiger partial charge in [-0.2, -0.15) is 0 Å². The third-order valence-corrected chi connectivity index (χ3v) is 6.76. The molecule has 4 heteroatoms. The Morgan fingerprint density at radius 1 is 0.938 bits per heavy atom. The normalized spacial score (nSPS) is 18.6. The van der Waals surface area contributed by atoms with Gasteiger partial charge in [-0.05, 0) is 84.9 Å². The summed E-state index contributed by atoms with van der Waals surface area (Å²) < 4.78 is 34.0. The van der Waals surface area contributed by atoms with Gasteiger partial charge in [-0.1, -0.05) is 50.8 Å². The summed E-state index contributed by atoms with van der Waals surface area (Å²) in [5, 5.41) is 1.07. The van der Waals surface area contributed by atoms with Gasteiger partial charge in [0.15, 0.2) is 0 Å². The Bertz CT molecular complexity index is 1080. The van der Waals surface area contributed by atoms with Crippen LogP contribution in [0.2, 0.25) is 0 Å². The number of fused-ring (bicyclic) bond motifs is 1. The van der Waals surface area contributed by atoms with Gasteiger partial charge < -0.3 is 4.74 Å². The molecule has 0 amide bonds. The molecule has 0 radical (unpaired) electrons. The Morgan fingerprint density at radius 2 is 1.75 bits per heavy atom. The highest BCUT2D eigenvalue weighted by Gasteiger charge is 2.24. The average molecular weight is 437 g/mol. The van der Waals surface area contributed by atoms with Crippen LogP contribution in [0.5, 0.6) is 5.75 Å². The summed E-state index contributed by atoms with van der Waals surface area (Å²) in [6.45, 7) is 2.23. The van der Waals surface area contributed by atoms with E-state index < -0.39 is 11.8 Å². The molecule has 1 aliphatic carbocycles. The van der Waals surface area contributed by atoms with Gasteiger partial charge in [0.05, 0.1) is 5.56 Å². The summed E-state index contributed by atoms with van der Waals surface area (Å²) in [6.07, 6.45) is 9.72. The van der Waals surface area contributed by atoms with E-state index in [9.17, 15) is 13.6 Å². The lowest BCUT2D eigenvalue weighted by Gasteiger charge is -2.29. The van der Waals surface area contributed by atoms with Crippen molar-refractivity contribution in [3.8, 4) is 5.75 Å². The largest absolute Gasteiger partial charge is 0.423 e. The van der Waals surface area contributed by atoms with E-state index in [0.717, 1.165) is 24.3 Å². The standard InChI is InChI=1S/C28H30F2O2/c1-2-3-4-6-19-9-11-20(12-10-19)21-13-15-25(27(30)18-21)28(31)32-23-14-16-24-22(17-23)7-5-8-26(24)29/h5,7-8,13-20H,2-4,6,9-12H2,1H3. The topological polar surface area (TPSA) is 26.3 Å². The second-order valence-electron chi connectivity index (χ2n) is 8.97. The zero-order chi connectivity index (χ0) is 22.5. The van der Waals surface area contributed by atoms with E-state index in [-0.39, 0.29) is 17.1 Å². The average Bonchev–Trinajstić information content (AvgIpc) is 2.79. The second kappa shape index (κ2) is 10.2. The number of benzene rings is 3. The highest BCUT2D eigenvalue weighted by molar-refractivity contribution is 5.92. The minimum atomic E-state index is -0.746. The number of hydrogen-bond acceptors (Lipinski definition) is 2. The van der Waals surface area contributed by atoms with Gasteiger partial charge in [-0.25, -0.2) is 13.6 Å². The molecule has 1 fully saturated rings. The maximum absolute atomic E-state index is 14.8. The van der Waals surface area contributed by atoms with Crippen molar-refractivity contribution in [1.29, 1.82) is 0 Å². The molecule has 0 aromatic heterocycles. The van der Waals surface area contributed by atoms with Gasteiger partial charge >= 0.3 is 5.97 Å². The first-order valence-corrected chi connectivity index (χ1v) is 11.7. The predicted molar refractivity (Wildman–Crippen MR) is 124 cm³/mol. The number of carbonyl (C=O) groups excluding carboxylic acids is 1. The van der Waals surface area contributed by atoms with Gasteiger partial charge in [0.25, 0.3) is 0 Å². The number of unbranched alkanes of at least 4 members (excludes halogenated alkanes) is 2. The zero-order valence-corrected chi connectivity index (χ0v) is 18.6. The first-order valence-electron chi connectivity index (χ1n) is 11.7. The molecule has 0 saturated heterocycles. The fourth-order valence-electron chi connectivity index (χ4n) is 4.87. The molecule has 3 aromatic rings. The molecule has 3 aromatic carbocycles. The fourth-order valence-corrected chi connectivity index (χ4v) is 4.87. The molecule has 0 N–H and O–H groups in total. The first kappa shape index (κ1) is 22.4. The number of esters is 1. The van der Waals surface area contributed by atoms with Crippen molar-refractivity contribution in [3.63, 3.8) is 0 Å². The molecule has 168 valence electrons. The predicted octanol–water partition coefficient (Wildman–Crippen LogP) is 8.19. The van der Waals surface area contributed by atoms with Crippen molar-refractivity contribution < 1.29 is 18.3 Å². The molecule has 1 aliphatic rings. The zero-order valence-electron chi connectivity index (χ0n) is 18.6.